The zero-order valence-corrected chi connectivity index (χ0v) is 5.11. The molecule has 5 nitrogen and oxygen atoms in total. The predicted molar refractivity (Wildman–Crippen MR) is 27.0 cm³/mol. The van der Waals surface area contributed by atoms with Crippen LogP contribution in [0.3, 0.4) is 0 Å². The minimum absolute atomic E-state index is 0.383. The van der Waals surface area contributed by atoms with Crippen molar-refractivity contribution in [1.82, 2.24) is 0 Å². The minimum Gasteiger partial charge on any atom is -0.402 e. The molecular weight excluding hydrogens is 140 g/mol. The third-order valence-electron chi connectivity index (χ3n) is 1.06. The predicted octanol–water partition coefficient (Wildman–Crippen LogP) is -0.148. The largest absolute Gasteiger partial charge is 0.513 e. The molecule has 2 rings (SSSR count). The van der Waals surface area contributed by atoms with Crippen molar-refractivity contribution in [3.8, 4) is 0 Å². The zero-order valence-electron chi connectivity index (χ0n) is 5.11. The van der Waals surface area contributed by atoms with Gasteiger partial charge in [0.15, 0.2) is 0 Å². The Labute approximate surface area is 56.8 Å². The molecule has 2 atom stereocenters. The van der Waals surface area contributed by atoms with Crippen LogP contribution in [0.25, 0.3) is 0 Å². The van der Waals surface area contributed by atoms with Crippen molar-refractivity contribution in [2.45, 2.75) is 12.6 Å². The summed E-state index contributed by atoms with van der Waals surface area (Å²) in [4.78, 5) is 10.5. The molecule has 0 aliphatic carbocycles. The molecule has 0 bridgehead atoms. The molecule has 0 saturated carbocycles. The molecule has 10 heavy (non-hydrogen) atoms. The first-order valence-corrected chi connectivity index (χ1v) is 2.95. The van der Waals surface area contributed by atoms with E-state index in [0.717, 1.165) is 0 Å². The topological polar surface area (TPSA) is 60.6 Å². The lowest BCUT2D eigenvalue weighted by Gasteiger charge is -1.98. The van der Waals surface area contributed by atoms with Gasteiger partial charge in [-0.3, -0.25) is 0 Å². The average molecular weight is 146 g/mol. The van der Waals surface area contributed by atoms with E-state index in [1.165, 1.54) is 0 Å². The summed E-state index contributed by atoms with van der Waals surface area (Å²) in [5.74, 6) is 0. The Kier molecular flexibility index (Phi) is 1.25. The highest BCUT2D eigenvalue weighted by molar-refractivity contribution is 5.60. The molecule has 56 valence electrons. The van der Waals surface area contributed by atoms with Crippen LogP contribution >= 0.6 is 0 Å². The molecular formula is C5H6O5. The standard InChI is InChI=1S/C5H6O5/c6-5(9-3-1-7-3)10-4-2-8-4/h3-4H,1-2H2. The van der Waals surface area contributed by atoms with Crippen LogP contribution in [0.4, 0.5) is 4.79 Å². The van der Waals surface area contributed by atoms with Crippen LogP contribution in [-0.2, 0) is 18.9 Å². The number of ether oxygens (including phenoxy) is 4. The highest BCUT2D eigenvalue weighted by Crippen LogP contribution is 2.15. The van der Waals surface area contributed by atoms with Crippen molar-refractivity contribution < 1.29 is 23.7 Å². The molecule has 5 heteroatoms. The van der Waals surface area contributed by atoms with E-state index in [1.807, 2.05) is 0 Å². The Morgan fingerprint density at radius 1 is 1.20 bits per heavy atom. The number of epoxide rings is 2. The van der Waals surface area contributed by atoms with Crippen LogP contribution in [0.15, 0.2) is 0 Å². The van der Waals surface area contributed by atoms with Crippen molar-refractivity contribution in [2.75, 3.05) is 13.2 Å². The Morgan fingerprint density at radius 3 is 1.90 bits per heavy atom. The van der Waals surface area contributed by atoms with E-state index in [0.29, 0.717) is 13.2 Å². The summed E-state index contributed by atoms with van der Waals surface area (Å²) in [7, 11) is 0. The van der Waals surface area contributed by atoms with E-state index < -0.39 is 6.16 Å². The molecule has 0 aromatic rings. The second kappa shape index (κ2) is 2.10. The summed E-state index contributed by atoms with van der Waals surface area (Å²) in [6, 6.07) is 0. The molecule has 0 amide bonds. The van der Waals surface area contributed by atoms with Gasteiger partial charge in [0, 0.05) is 0 Å². The lowest BCUT2D eigenvalue weighted by Crippen LogP contribution is -2.11. The molecule has 2 heterocycles. The third kappa shape index (κ3) is 1.58. The lowest BCUT2D eigenvalue weighted by atomic mass is 10.8. The molecule has 2 aliphatic heterocycles. The molecule has 2 saturated heterocycles. The van der Waals surface area contributed by atoms with Gasteiger partial charge in [0.05, 0.1) is 0 Å². The van der Waals surface area contributed by atoms with Crippen molar-refractivity contribution in [3.05, 3.63) is 0 Å². The van der Waals surface area contributed by atoms with E-state index in [-0.39, 0.29) is 12.6 Å². The summed E-state index contributed by atoms with van der Waals surface area (Å²) in [5, 5.41) is 0. The normalized spacial score (nSPS) is 34.8. The maximum absolute atomic E-state index is 10.5. The van der Waals surface area contributed by atoms with Gasteiger partial charge in [-0.2, -0.15) is 0 Å². The van der Waals surface area contributed by atoms with Crippen molar-refractivity contribution >= 4 is 6.16 Å². The second-order valence-electron chi connectivity index (χ2n) is 2.01. The monoisotopic (exact) mass is 146 g/mol. The van der Waals surface area contributed by atoms with Crippen LogP contribution in [0.2, 0.25) is 0 Å². The van der Waals surface area contributed by atoms with Gasteiger partial charge in [0.1, 0.15) is 13.2 Å². The molecule has 2 aliphatic rings. The fourth-order valence-corrected chi connectivity index (χ4v) is 0.457. The maximum Gasteiger partial charge on any atom is 0.513 e. The van der Waals surface area contributed by atoms with Crippen LogP contribution < -0.4 is 0 Å². The number of hydrogen-bond acceptors (Lipinski definition) is 5. The minimum atomic E-state index is -0.718. The van der Waals surface area contributed by atoms with Crippen LogP contribution in [0, 0.1) is 0 Å². The van der Waals surface area contributed by atoms with Crippen molar-refractivity contribution in [3.63, 3.8) is 0 Å². The van der Waals surface area contributed by atoms with E-state index in [2.05, 4.69) is 18.9 Å². The first-order chi connectivity index (χ1) is 4.84. The molecule has 0 spiro atoms. The highest BCUT2D eigenvalue weighted by Gasteiger charge is 2.33. The van der Waals surface area contributed by atoms with Gasteiger partial charge in [0.2, 0.25) is 12.6 Å². The third-order valence-corrected chi connectivity index (χ3v) is 1.06. The molecule has 0 aromatic heterocycles. The average Bonchev–Trinajstić information content (AvgIpc) is 2.59. The van der Waals surface area contributed by atoms with Crippen molar-refractivity contribution in [2.24, 2.45) is 0 Å². The zero-order chi connectivity index (χ0) is 6.97. The molecule has 2 fully saturated rings. The van der Waals surface area contributed by atoms with E-state index in [1.54, 1.807) is 0 Å². The van der Waals surface area contributed by atoms with Gasteiger partial charge in [-0.05, 0) is 0 Å². The van der Waals surface area contributed by atoms with Gasteiger partial charge in [0.25, 0.3) is 0 Å². The van der Waals surface area contributed by atoms with Crippen LogP contribution in [0.5, 0.6) is 0 Å². The highest BCUT2D eigenvalue weighted by atomic mass is 16.9. The Bertz CT molecular complexity index is 132. The van der Waals surface area contributed by atoms with Crippen LogP contribution in [0.1, 0.15) is 0 Å². The number of hydrogen-bond donors (Lipinski definition) is 0. The van der Waals surface area contributed by atoms with Crippen LogP contribution in [-0.4, -0.2) is 31.9 Å². The summed E-state index contributed by atoms with van der Waals surface area (Å²) in [6.45, 7) is 0.946. The van der Waals surface area contributed by atoms with E-state index in [9.17, 15) is 4.79 Å². The van der Waals surface area contributed by atoms with Gasteiger partial charge in [-0.25, -0.2) is 4.79 Å². The SMILES string of the molecule is O=C(OC1CO1)OC1CO1. The molecule has 0 aromatic carbocycles. The summed E-state index contributed by atoms with van der Waals surface area (Å²) in [5.41, 5.74) is 0. The Hall–Kier alpha value is -0.810. The smallest absolute Gasteiger partial charge is 0.402 e. The fourth-order valence-electron chi connectivity index (χ4n) is 0.457. The molecule has 0 radical (unpaired) electrons. The number of rotatable bonds is 2. The second-order valence-corrected chi connectivity index (χ2v) is 2.01. The summed E-state index contributed by atoms with van der Waals surface area (Å²) < 4.78 is 18.3. The van der Waals surface area contributed by atoms with Gasteiger partial charge in [-0.15, -0.1) is 0 Å². The number of carbonyl (C=O) groups is 1. The van der Waals surface area contributed by atoms with Gasteiger partial charge in [-0.1, -0.05) is 0 Å². The molecule has 0 N–H and O–H groups in total. The quantitative estimate of drug-likeness (QED) is 0.400. The van der Waals surface area contributed by atoms with Gasteiger partial charge >= 0.3 is 6.16 Å². The molecule has 2 unspecified atom stereocenters. The fraction of sp³-hybridized carbons (Fsp3) is 0.800. The first-order valence-electron chi connectivity index (χ1n) is 2.95. The number of carbonyl (C=O) groups excluding carboxylic acids is 1. The summed E-state index contributed by atoms with van der Waals surface area (Å²) in [6.07, 6.45) is -1.48. The Balaban J connectivity index is 1.64. The van der Waals surface area contributed by atoms with Crippen molar-refractivity contribution in [1.29, 1.82) is 0 Å². The van der Waals surface area contributed by atoms with E-state index >= 15 is 0 Å². The first kappa shape index (κ1) is 5.94. The lowest BCUT2D eigenvalue weighted by molar-refractivity contribution is -0.00105. The van der Waals surface area contributed by atoms with E-state index in [4.69, 9.17) is 0 Å². The summed E-state index contributed by atoms with van der Waals surface area (Å²) >= 11 is 0. The van der Waals surface area contributed by atoms with Gasteiger partial charge < -0.3 is 18.9 Å². The Morgan fingerprint density at radius 2 is 1.60 bits per heavy atom. The maximum atomic E-state index is 10.5.